The van der Waals surface area contributed by atoms with E-state index in [1.807, 2.05) is 0 Å². The molecule has 0 N–H and O–H groups in total. The number of hydrogen-bond donors (Lipinski definition) is 0. The first-order valence-electron chi connectivity index (χ1n) is 5.53. The Kier molecular flexibility index (Phi) is 3.76. The number of nitrogens with zero attached hydrogens (tertiary/aromatic N) is 3. The zero-order valence-corrected chi connectivity index (χ0v) is 11.1. The second-order valence-electron chi connectivity index (χ2n) is 3.98. The maximum absolute atomic E-state index is 13.6. The fourth-order valence-corrected chi connectivity index (χ4v) is 1.87. The largest absolute Gasteiger partial charge is 0.307 e. The number of anilines is 1. The van der Waals surface area contributed by atoms with Crippen molar-refractivity contribution in [3.8, 4) is 0 Å². The Bertz CT molecular complexity index is 613. The summed E-state index contributed by atoms with van der Waals surface area (Å²) in [6.07, 6.45) is 0. The maximum atomic E-state index is 13.6. The molecule has 0 aliphatic rings. The SMILES string of the molecule is Cc1cc(C(=O)N(C)c2ccccc2F)nc(Cl)n1. The van der Waals surface area contributed by atoms with Gasteiger partial charge in [-0.3, -0.25) is 4.79 Å². The van der Waals surface area contributed by atoms with Gasteiger partial charge in [-0.1, -0.05) is 12.1 Å². The van der Waals surface area contributed by atoms with Crippen LogP contribution in [0.5, 0.6) is 0 Å². The Labute approximate surface area is 114 Å². The van der Waals surface area contributed by atoms with Crippen LogP contribution in [-0.2, 0) is 0 Å². The van der Waals surface area contributed by atoms with Gasteiger partial charge in [0.05, 0.1) is 5.69 Å². The van der Waals surface area contributed by atoms with Crippen LogP contribution in [0.25, 0.3) is 0 Å². The number of rotatable bonds is 2. The summed E-state index contributed by atoms with van der Waals surface area (Å²) in [4.78, 5) is 21.1. The number of carbonyl (C=O) groups is 1. The molecular formula is C13H11ClFN3O. The Morgan fingerprint density at radius 1 is 1.32 bits per heavy atom. The normalized spacial score (nSPS) is 10.3. The minimum Gasteiger partial charge on any atom is -0.307 e. The number of amides is 1. The quantitative estimate of drug-likeness (QED) is 0.794. The average Bonchev–Trinajstić information content (AvgIpc) is 2.36. The molecule has 1 amide bonds. The van der Waals surface area contributed by atoms with Crippen molar-refractivity contribution in [3.63, 3.8) is 0 Å². The molecule has 1 heterocycles. The lowest BCUT2D eigenvalue weighted by atomic mass is 10.2. The molecule has 2 aromatic rings. The molecule has 1 aromatic heterocycles. The molecule has 0 aliphatic heterocycles. The summed E-state index contributed by atoms with van der Waals surface area (Å²) in [6.45, 7) is 1.70. The minimum absolute atomic E-state index is 0.00900. The van der Waals surface area contributed by atoms with Crippen molar-refractivity contribution in [2.24, 2.45) is 0 Å². The second kappa shape index (κ2) is 5.32. The lowest BCUT2D eigenvalue weighted by molar-refractivity contribution is 0.0987. The molecule has 0 atom stereocenters. The fraction of sp³-hybridized carbons (Fsp3) is 0.154. The molecule has 0 aliphatic carbocycles. The van der Waals surface area contributed by atoms with Gasteiger partial charge >= 0.3 is 0 Å². The van der Waals surface area contributed by atoms with Gasteiger partial charge in [-0.15, -0.1) is 0 Å². The third-order valence-electron chi connectivity index (χ3n) is 2.56. The third kappa shape index (κ3) is 2.88. The number of carbonyl (C=O) groups excluding carboxylic acids is 1. The van der Waals surface area contributed by atoms with E-state index in [0.29, 0.717) is 5.69 Å². The molecule has 0 unspecified atom stereocenters. The van der Waals surface area contributed by atoms with Crippen molar-refractivity contribution >= 4 is 23.2 Å². The molecule has 19 heavy (non-hydrogen) atoms. The molecule has 0 spiro atoms. The zero-order chi connectivity index (χ0) is 14.0. The summed E-state index contributed by atoms with van der Waals surface area (Å²) in [5.74, 6) is -0.923. The number of aromatic nitrogens is 2. The molecule has 0 bridgehead atoms. The Morgan fingerprint density at radius 3 is 2.63 bits per heavy atom. The molecule has 6 heteroatoms. The van der Waals surface area contributed by atoms with Crippen LogP contribution in [0, 0.1) is 12.7 Å². The van der Waals surface area contributed by atoms with Gasteiger partial charge in [-0.05, 0) is 36.7 Å². The Hall–Kier alpha value is -2.01. The van der Waals surface area contributed by atoms with Gasteiger partial charge in [0.15, 0.2) is 0 Å². The number of para-hydroxylation sites is 1. The standard InChI is InChI=1S/C13H11ClFN3O/c1-8-7-10(17-13(14)16-8)12(19)18(2)11-6-4-3-5-9(11)15/h3-7H,1-2H3. The van der Waals surface area contributed by atoms with Crippen LogP contribution in [0.2, 0.25) is 5.28 Å². The summed E-state index contributed by atoms with van der Waals surface area (Å²) in [5.41, 5.74) is 0.883. The molecule has 4 nitrogen and oxygen atoms in total. The smallest absolute Gasteiger partial charge is 0.276 e. The van der Waals surface area contributed by atoms with Crippen molar-refractivity contribution < 1.29 is 9.18 Å². The van der Waals surface area contributed by atoms with Gasteiger partial charge in [0.25, 0.3) is 5.91 Å². The van der Waals surface area contributed by atoms with E-state index in [2.05, 4.69) is 9.97 Å². The van der Waals surface area contributed by atoms with Crippen molar-refractivity contribution in [3.05, 3.63) is 52.8 Å². The summed E-state index contributed by atoms with van der Waals surface area (Å²) in [7, 11) is 1.48. The molecule has 0 saturated carbocycles. The number of hydrogen-bond acceptors (Lipinski definition) is 3. The third-order valence-corrected chi connectivity index (χ3v) is 2.73. The van der Waals surface area contributed by atoms with E-state index in [-0.39, 0.29) is 16.7 Å². The van der Waals surface area contributed by atoms with Crippen LogP contribution in [0.15, 0.2) is 30.3 Å². The summed E-state index contributed by atoms with van der Waals surface area (Å²) >= 11 is 5.71. The number of aryl methyl sites for hydroxylation is 1. The van der Waals surface area contributed by atoms with Crippen molar-refractivity contribution in [1.82, 2.24) is 9.97 Å². The average molecular weight is 280 g/mol. The highest BCUT2D eigenvalue weighted by atomic mass is 35.5. The van der Waals surface area contributed by atoms with E-state index in [4.69, 9.17) is 11.6 Å². The van der Waals surface area contributed by atoms with Gasteiger partial charge in [-0.25, -0.2) is 14.4 Å². The molecule has 98 valence electrons. The number of halogens is 2. The van der Waals surface area contributed by atoms with E-state index in [1.54, 1.807) is 19.1 Å². The first-order valence-corrected chi connectivity index (χ1v) is 5.90. The van der Waals surface area contributed by atoms with Gasteiger partial charge in [-0.2, -0.15) is 0 Å². The first kappa shape index (κ1) is 13.4. The van der Waals surface area contributed by atoms with Crippen LogP contribution in [0.1, 0.15) is 16.2 Å². The summed E-state index contributed by atoms with van der Waals surface area (Å²) in [5, 5.41) is -0.00900. The molecular weight excluding hydrogens is 269 g/mol. The molecule has 2 rings (SSSR count). The molecule has 0 radical (unpaired) electrons. The van der Waals surface area contributed by atoms with E-state index in [0.717, 1.165) is 0 Å². The second-order valence-corrected chi connectivity index (χ2v) is 4.32. The van der Waals surface area contributed by atoms with E-state index in [9.17, 15) is 9.18 Å². The first-order chi connectivity index (χ1) is 8.99. The van der Waals surface area contributed by atoms with Crippen molar-refractivity contribution in [2.75, 3.05) is 11.9 Å². The van der Waals surface area contributed by atoms with Crippen LogP contribution in [0.4, 0.5) is 10.1 Å². The van der Waals surface area contributed by atoms with Crippen molar-refractivity contribution in [2.45, 2.75) is 6.92 Å². The minimum atomic E-state index is -0.477. The number of benzene rings is 1. The molecule has 0 fully saturated rings. The summed E-state index contributed by atoms with van der Waals surface area (Å²) in [6, 6.07) is 7.52. The summed E-state index contributed by atoms with van der Waals surface area (Å²) < 4.78 is 13.6. The van der Waals surface area contributed by atoms with Gasteiger partial charge in [0, 0.05) is 12.7 Å². The highest BCUT2D eigenvalue weighted by molar-refractivity contribution is 6.28. The van der Waals surface area contributed by atoms with Crippen LogP contribution in [-0.4, -0.2) is 22.9 Å². The van der Waals surface area contributed by atoms with Crippen LogP contribution in [0.3, 0.4) is 0 Å². The Morgan fingerprint density at radius 2 is 2.00 bits per heavy atom. The maximum Gasteiger partial charge on any atom is 0.276 e. The zero-order valence-electron chi connectivity index (χ0n) is 10.4. The molecule has 0 saturated heterocycles. The van der Waals surface area contributed by atoms with E-state index < -0.39 is 11.7 Å². The van der Waals surface area contributed by atoms with Crippen molar-refractivity contribution in [1.29, 1.82) is 0 Å². The highest BCUT2D eigenvalue weighted by Crippen LogP contribution is 2.19. The van der Waals surface area contributed by atoms with Gasteiger partial charge in [0.1, 0.15) is 11.5 Å². The Balaban J connectivity index is 2.36. The highest BCUT2D eigenvalue weighted by Gasteiger charge is 2.18. The topological polar surface area (TPSA) is 46.1 Å². The monoisotopic (exact) mass is 279 g/mol. The lowest BCUT2D eigenvalue weighted by Crippen LogP contribution is -2.28. The van der Waals surface area contributed by atoms with Gasteiger partial charge in [0.2, 0.25) is 5.28 Å². The van der Waals surface area contributed by atoms with E-state index >= 15 is 0 Å². The fourth-order valence-electron chi connectivity index (χ4n) is 1.65. The lowest BCUT2D eigenvalue weighted by Gasteiger charge is -2.17. The predicted octanol–water partition coefficient (Wildman–Crippen LogP) is 2.85. The van der Waals surface area contributed by atoms with E-state index in [1.165, 1.54) is 30.1 Å². The van der Waals surface area contributed by atoms with Crippen LogP contribution < -0.4 is 4.90 Å². The predicted molar refractivity (Wildman–Crippen MR) is 70.9 cm³/mol. The molecule has 1 aromatic carbocycles. The van der Waals surface area contributed by atoms with Gasteiger partial charge < -0.3 is 4.90 Å². The van der Waals surface area contributed by atoms with Crippen LogP contribution >= 0.6 is 11.6 Å².